The van der Waals surface area contributed by atoms with Gasteiger partial charge in [0, 0.05) is 24.2 Å². The first-order valence-electron chi connectivity index (χ1n) is 9.34. The minimum absolute atomic E-state index is 0.0954. The smallest absolute Gasteiger partial charge is 0.242 e. The number of rotatable bonds is 6. The van der Waals surface area contributed by atoms with Crippen molar-refractivity contribution in [2.24, 2.45) is 5.92 Å². The Kier molecular flexibility index (Phi) is 6.57. The van der Waals surface area contributed by atoms with Gasteiger partial charge in [-0.3, -0.25) is 4.79 Å². The number of benzene rings is 2. The van der Waals surface area contributed by atoms with Crippen LogP contribution in [0, 0.1) is 17.6 Å². The Hall–Kier alpha value is -2.72. The zero-order valence-electron chi connectivity index (χ0n) is 16.4. The number of amides is 1. The average molecular weight is 440 g/mol. The molecule has 0 aliphatic carbocycles. The number of carbonyl (C=O) groups is 1. The molecule has 0 radical (unpaired) electrons. The van der Waals surface area contributed by atoms with Crippen LogP contribution in [0.4, 0.5) is 14.5 Å². The van der Waals surface area contributed by atoms with E-state index in [1.165, 1.54) is 18.2 Å². The summed E-state index contributed by atoms with van der Waals surface area (Å²) in [6.45, 7) is 4.15. The van der Waals surface area contributed by atoms with Crippen LogP contribution in [0.2, 0.25) is 0 Å². The van der Waals surface area contributed by atoms with Crippen LogP contribution in [0.1, 0.15) is 20.3 Å². The lowest BCUT2D eigenvalue weighted by atomic mass is 10.0. The second kappa shape index (κ2) is 8.97. The molecule has 2 aromatic carbocycles. The predicted molar refractivity (Wildman–Crippen MR) is 106 cm³/mol. The van der Waals surface area contributed by atoms with Crippen LogP contribution in [-0.4, -0.2) is 33.6 Å². The molecule has 10 heteroatoms. The highest BCUT2D eigenvalue weighted by Gasteiger charge is 2.29. The van der Waals surface area contributed by atoms with Gasteiger partial charge in [-0.05, 0) is 30.2 Å². The summed E-state index contributed by atoms with van der Waals surface area (Å²) < 4.78 is 65.9. The van der Waals surface area contributed by atoms with Crippen molar-refractivity contribution in [3.63, 3.8) is 0 Å². The van der Waals surface area contributed by atoms with Crippen molar-refractivity contribution in [2.45, 2.75) is 31.2 Å². The van der Waals surface area contributed by atoms with Gasteiger partial charge in [-0.1, -0.05) is 13.8 Å². The highest BCUT2D eigenvalue weighted by molar-refractivity contribution is 7.89. The maximum absolute atomic E-state index is 13.4. The molecule has 0 fully saturated rings. The van der Waals surface area contributed by atoms with E-state index in [1.54, 1.807) is 13.8 Å². The number of halogens is 2. The van der Waals surface area contributed by atoms with Crippen molar-refractivity contribution in [2.75, 3.05) is 18.5 Å². The van der Waals surface area contributed by atoms with Gasteiger partial charge < -0.3 is 14.8 Å². The summed E-state index contributed by atoms with van der Waals surface area (Å²) in [6.07, 6.45) is 0.672. The minimum atomic E-state index is -4.10. The molecular weight excluding hydrogens is 418 g/mol. The van der Waals surface area contributed by atoms with E-state index >= 15 is 0 Å². The SMILES string of the molecule is CC(C)C(NS(=O)(=O)c1ccc2c(c1)OCCCO2)C(=O)Nc1cc(F)cc(F)c1. The number of hydrogen-bond acceptors (Lipinski definition) is 5. The molecule has 0 saturated heterocycles. The van der Waals surface area contributed by atoms with E-state index in [-0.39, 0.29) is 10.6 Å². The Labute approximate surface area is 173 Å². The van der Waals surface area contributed by atoms with Crippen LogP contribution < -0.4 is 19.5 Å². The lowest BCUT2D eigenvalue weighted by molar-refractivity contribution is -0.118. The molecule has 0 bridgehead atoms. The van der Waals surface area contributed by atoms with Crippen LogP contribution in [-0.2, 0) is 14.8 Å². The Bertz CT molecular complexity index is 1020. The van der Waals surface area contributed by atoms with Crippen molar-refractivity contribution in [3.05, 3.63) is 48.0 Å². The molecular formula is C20H22F2N2O5S. The van der Waals surface area contributed by atoms with E-state index in [0.717, 1.165) is 12.1 Å². The van der Waals surface area contributed by atoms with Gasteiger partial charge in [0.1, 0.15) is 17.7 Å². The Morgan fingerprint density at radius 1 is 1.00 bits per heavy atom. The third-order valence-corrected chi connectivity index (χ3v) is 5.83. The molecule has 30 heavy (non-hydrogen) atoms. The van der Waals surface area contributed by atoms with Crippen LogP contribution in [0.15, 0.2) is 41.3 Å². The first kappa shape index (κ1) is 22.0. The Morgan fingerprint density at radius 3 is 2.27 bits per heavy atom. The molecule has 0 saturated carbocycles. The van der Waals surface area contributed by atoms with Crippen molar-refractivity contribution >= 4 is 21.6 Å². The average Bonchev–Trinajstić information content (AvgIpc) is 2.89. The predicted octanol–water partition coefficient (Wildman–Crippen LogP) is 3.07. The number of anilines is 1. The summed E-state index contributed by atoms with van der Waals surface area (Å²) in [5, 5.41) is 2.35. The fraction of sp³-hybridized carbons (Fsp3) is 0.350. The van der Waals surface area contributed by atoms with Crippen LogP contribution in [0.3, 0.4) is 0 Å². The van der Waals surface area contributed by atoms with Crippen LogP contribution in [0.5, 0.6) is 11.5 Å². The normalized spacial score (nSPS) is 14.8. The summed E-state index contributed by atoms with van der Waals surface area (Å²) in [7, 11) is -4.10. The summed E-state index contributed by atoms with van der Waals surface area (Å²) >= 11 is 0. The highest BCUT2D eigenvalue weighted by atomic mass is 32.2. The Morgan fingerprint density at radius 2 is 1.63 bits per heavy atom. The number of carbonyl (C=O) groups excluding carboxylic acids is 1. The molecule has 1 aliphatic heterocycles. The number of ether oxygens (including phenoxy) is 2. The third kappa shape index (κ3) is 5.25. The van der Waals surface area contributed by atoms with Gasteiger partial charge in [-0.2, -0.15) is 4.72 Å². The van der Waals surface area contributed by atoms with Gasteiger partial charge in [-0.15, -0.1) is 0 Å². The summed E-state index contributed by atoms with van der Waals surface area (Å²) in [4.78, 5) is 12.5. The second-order valence-electron chi connectivity index (χ2n) is 7.15. The number of fused-ring (bicyclic) bond motifs is 1. The molecule has 7 nitrogen and oxygen atoms in total. The summed E-state index contributed by atoms with van der Waals surface area (Å²) in [5.41, 5.74) is -0.113. The van der Waals surface area contributed by atoms with Crippen molar-refractivity contribution in [1.29, 1.82) is 0 Å². The number of nitrogens with one attached hydrogen (secondary N) is 2. The van der Waals surface area contributed by atoms with E-state index in [2.05, 4.69) is 10.0 Å². The lowest BCUT2D eigenvalue weighted by Gasteiger charge is -2.22. The minimum Gasteiger partial charge on any atom is -0.490 e. The van der Waals surface area contributed by atoms with Gasteiger partial charge >= 0.3 is 0 Å². The highest BCUT2D eigenvalue weighted by Crippen LogP contribution is 2.32. The first-order valence-corrected chi connectivity index (χ1v) is 10.8. The topological polar surface area (TPSA) is 93.7 Å². The molecule has 2 aromatic rings. The standard InChI is InChI=1S/C20H22F2N2O5S/c1-12(2)19(20(25)23-15-9-13(21)8-14(22)10-15)24-30(26,27)16-4-5-17-18(11-16)29-7-3-6-28-17/h4-5,8-12,19,24H,3,6-7H2,1-2H3,(H,23,25). The molecule has 1 unspecified atom stereocenters. The molecule has 0 spiro atoms. The number of sulfonamides is 1. The molecule has 1 aliphatic rings. The second-order valence-corrected chi connectivity index (χ2v) is 8.86. The monoisotopic (exact) mass is 440 g/mol. The van der Waals surface area contributed by atoms with Gasteiger partial charge in [-0.25, -0.2) is 17.2 Å². The van der Waals surface area contributed by atoms with Gasteiger partial charge in [0.25, 0.3) is 0 Å². The zero-order valence-corrected chi connectivity index (χ0v) is 17.3. The Balaban J connectivity index is 1.81. The lowest BCUT2D eigenvalue weighted by Crippen LogP contribution is -2.47. The van der Waals surface area contributed by atoms with Crippen LogP contribution >= 0.6 is 0 Å². The fourth-order valence-corrected chi connectivity index (χ4v) is 4.24. The largest absolute Gasteiger partial charge is 0.490 e. The van der Waals surface area contributed by atoms with Gasteiger partial charge in [0.2, 0.25) is 15.9 Å². The molecule has 1 amide bonds. The van der Waals surface area contributed by atoms with Gasteiger partial charge in [0.15, 0.2) is 11.5 Å². The molecule has 2 N–H and O–H groups in total. The maximum atomic E-state index is 13.4. The number of hydrogen-bond donors (Lipinski definition) is 2. The van der Waals surface area contributed by atoms with E-state index < -0.39 is 39.5 Å². The summed E-state index contributed by atoms with van der Waals surface area (Å²) in [6, 6.07) is 5.55. The molecule has 1 heterocycles. The first-order chi connectivity index (χ1) is 14.2. The maximum Gasteiger partial charge on any atom is 0.242 e. The van der Waals surface area contributed by atoms with E-state index in [4.69, 9.17) is 9.47 Å². The molecule has 1 atom stereocenters. The van der Waals surface area contributed by atoms with Crippen LogP contribution in [0.25, 0.3) is 0 Å². The molecule has 162 valence electrons. The fourth-order valence-electron chi connectivity index (χ4n) is 2.88. The van der Waals surface area contributed by atoms with E-state index in [9.17, 15) is 22.0 Å². The zero-order chi connectivity index (χ0) is 21.9. The van der Waals surface area contributed by atoms with Crippen molar-refractivity contribution in [1.82, 2.24) is 4.72 Å². The summed E-state index contributed by atoms with van der Waals surface area (Å²) in [5.74, 6) is -2.17. The van der Waals surface area contributed by atoms with E-state index in [1.807, 2.05) is 0 Å². The molecule has 0 aromatic heterocycles. The van der Waals surface area contributed by atoms with Crippen molar-refractivity contribution in [3.8, 4) is 11.5 Å². The van der Waals surface area contributed by atoms with Gasteiger partial charge in [0.05, 0.1) is 18.1 Å². The molecule has 3 rings (SSSR count). The van der Waals surface area contributed by atoms with E-state index in [0.29, 0.717) is 37.2 Å². The quantitative estimate of drug-likeness (QED) is 0.720. The third-order valence-electron chi connectivity index (χ3n) is 4.39. The van der Waals surface area contributed by atoms with Crippen molar-refractivity contribution < 1.29 is 31.5 Å².